The van der Waals surface area contributed by atoms with E-state index in [1.165, 1.54) is 0 Å². The van der Waals surface area contributed by atoms with Gasteiger partial charge in [0.05, 0.1) is 25.7 Å². The summed E-state index contributed by atoms with van der Waals surface area (Å²) in [5, 5.41) is 37.7. The van der Waals surface area contributed by atoms with Gasteiger partial charge in [0.2, 0.25) is 11.8 Å². The van der Waals surface area contributed by atoms with Crippen LogP contribution in [0.4, 0.5) is 0 Å². The van der Waals surface area contributed by atoms with Crippen LogP contribution in [-0.4, -0.2) is 63.6 Å². The van der Waals surface area contributed by atoms with E-state index in [2.05, 4.69) is 0 Å². The fourth-order valence-electron chi connectivity index (χ4n) is 1.80. The highest BCUT2D eigenvalue weighted by Crippen LogP contribution is 2.37. The average molecular weight is 279 g/mol. The van der Waals surface area contributed by atoms with Crippen molar-refractivity contribution in [3.8, 4) is 0 Å². The van der Waals surface area contributed by atoms with Crippen molar-refractivity contribution in [3.63, 3.8) is 0 Å². The van der Waals surface area contributed by atoms with Gasteiger partial charge in [0, 0.05) is 0 Å². The van der Waals surface area contributed by atoms with E-state index in [1.54, 1.807) is 0 Å². The maximum Gasteiger partial charge on any atom is 0.251 e. The number of hydrogen-bond donors (Lipinski definition) is 7. The summed E-state index contributed by atoms with van der Waals surface area (Å²) in [7, 11) is 0. The number of carbonyl (C=O) groups excluding carboxylic acids is 3. The molecule has 2 atom stereocenters. The van der Waals surface area contributed by atoms with E-state index < -0.39 is 54.5 Å². The summed E-state index contributed by atoms with van der Waals surface area (Å²) in [6, 6.07) is 0. The Bertz CT molecular complexity index is 382. The predicted octanol–water partition coefficient (Wildman–Crippen LogP) is -5.25. The minimum absolute atomic E-state index is 1.15. The lowest BCUT2D eigenvalue weighted by molar-refractivity contribution is -0.191. The first-order chi connectivity index (χ1) is 8.65. The quantitative estimate of drug-likeness (QED) is 0.229. The molecule has 110 valence electrons. The molecule has 0 saturated heterocycles. The van der Waals surface area contributed by atoms with Crippen molar-refractivity contribution in [1.29, 1.82) is 0 Å². The SMILES string of the molecule is NC(=O)C(CO)C(O)(C(N)=O)C(CO)(CO)C(N)=O. The summed E-state index contributed by atoms with van der Waals surface area (Å²) in [5.74, 6) is -6.53. The van der Waals surface area contributed by atoms with Gasteiger partial charge < -0.3 is 37.6 Å². The van der Waals surface area contributed by atoms with Crippen LogP contribution in [0.5, 0.6) is 0 Å². The molecule has 2 unspecified atom stereocenters. The molecule has 10 N–H and O–H groups in total. The van der Waals surface area contributed by atoms with E-state index in [0.717, 1.165) is 0 Å². The summed E-state index contributed by atoms with van der Waals surface area (Å²) >= 11 is 0. The molecule has 0 aromatic heterocycles. The van der Waals surface area contributed by atoms with Crippen molar-refractivity contribution in [2.75, 3.05) is 19.8 Å². The zero-order chi connectivity index (χ0) is 15.4. The number of aliphatic hydroxyl groups excluding tert-OH is 3. The second-order valence-electron chi connectivity index (χ2n) is 4.03. The third kappa shape index (κ3) is 2.38. The Morgan fingerprint density at radius 3 is 1.53 bits per heavy atom. The van der Waals surface area contributed by atoms with Gasteiger partial charge in [0.15, 0.2) is 5.60 Å². The molecule has 0 aliphatic heterocycles. The van der Waals surface area contributed by atoms with E-state index in [4.69, 9.17) is 22.3 Å². The lowest BCUT2D eigenvalue weighted by Gasteiger charge is -2.43. The maximum absolute atomic E-state index is 11.4. The third-order valence-corrected chi connectivity index (χ3v) is 3.15. The Hall–Kier alpha value is -1.75. The van der Waals surface area contributed by atoms with Gasteiger partial charge in [-0.1, -0.05) is 0 Å². The summed E-state index contributed by atoms with van der Waals surface area (Å²) in [4.78, 5) is 34.0. The molecular formula is C9H17N3O7. The van der Waals surface area contributed by atoms with Gasteiger partial charge in [0.25, 0.3) is 5.91 Å². The average Bonchev–Trinajstić information content (AvgIpc) is 2.30. The van der Waals surface area contributed by atoms with Crippen molar-refractivity contribution in [3.05, 3.63) is 0 Å². The van der Waals surface area contributed by atoms with E-state index >= 15 is 0 Å². The van der Waals surface area contributed by atoms with Gasteiger partial charge in [-0.05, 0) is 0 Å². The van der Waals surface area contributed by atoms with Crippen LogP contribution in [0.25, 0.3) is 0 Å². The van der Waals surface area contributed by atoms with E-state index in [-0.39, 0.29) is 0 Å². The van der Waals surface area contributed by atoms with Crippen LogP contribution in [0.15, 0.2) is 0 Å². The van der Waals surface area contributed by atoms with Gasteiger partial charge in [-0.15, -0.1) is 0 Å². The molecule has 0 rings (SSSR count). The molecule has 3 amide bonds. The topological polar surface area (TPSA) is 210 Å². The van der Waals surface area contributed by atoms with Crippen LogP contribution in [0.1, 0.15) is 0 Å². The molecule has 0 bridgehead atoms. The van der Waals surface area contributed by atoms with Crippen molar-refractivity contribution in [2.24, 2.45) is 28.5 Å². The number of aliphatic hydroxyl groups is 4. The molecule has 0 aliphatic rings. The Morgan fingerprint density at radius 1 is 0.947 bits per heavy atom. The van der Waals surface area contributed by atoms with Gasteiger partial charge >= 0.3 is 0 Å². The summed E-state index contributed by atoms with van der Waals surface area (Å²) in [5.41, 5.74) is 8.97. The zero-order valence-corrected chi connectivity index (χ0v) is 9.94. The van der Waals surface area contributed by atoms with Crippen LogP contribution in [0, 0.1) is 11.3 Å². The Labute approximate surface area is 107 Å². The summed E-state index contributed by atoms with van der Waals surface area (Å²) in [6.45, 7) is -3.73. The molecule has 10 heteroatoms. The molecule has 0 spiro atoms. The second kappa shape index (κ2) is 5.93. The van der Waals surface area contributed by atoms with Crippen LogP contribution in [0.3, 0.4) is 0 Å². The summed E-state index contributed by atoms with van der Waals surface area (Å²) < 4.78 is 0. The normalized spacial score (nSPS) is 16.4. The fraction of sp³-hybridized carbons (Fsp3) is 0.667. The first kappa shape index (κ1) is 17.2. The minimum Gasteiger partial charge on any atom is -0.395 e. The van der Waals surface area contributed by atoms with E-state index in [9.17, 15) is 29.7 Å². The molecule has 10 nitrogen and oxygen atoms in total. The number of hydrogen-bond acceptors (Lipinski definition) is 7. The Kier molecular flexibility index (Phi) is 5.38. The largest absolute Gasteiger partial charge is 0.395 e. The van der Waals surface area contributed by atoms with Gasteiger partial charge in [-0.2, -0.15) is 0 Å². The highest BCUT2D eigenvalue weighted by molar-refractivity contribution is 5.98. The number of primary amides is 3. The standard InChI is InChI=1S/C9H17N3O7/c10-5(16)4(1-13)9(19,7(12)18)8(2-14,3-15)6(11)17/h4,13-15,19H,1-3H2,(H2,10,16)(H2,11,17)(H2,12,18). The van der Waals surface area contributed by atoms with Crippen LogP contribution >= 0.6 is 0 Å². The Balaban J connectivity index is 6.21. The lowest BCUT2D eigenvalue weighted by atomic mass is 9.65. The predicted molar refractivity (Wildman–Crippen MR) is 59.7 cm³/mol. The number of nitrogens with two attached hydrogens (primary N) is 3. The van der Waals surface area contributed by atoms with Gasteiger partial charge in [-0.25, -0.2) is 0 Å². The maximum atomic E-state index is 11.4. The highest BCUT2D eigenvalue weighted by atomic mass is 16.3. The van der Waals surface area contributed by atoms with Crippen molar-refractivity contribution in [1.82, 2.24) is 0 Å². The van der Waals surface area contributed by atoms with Gasteiger partial charge in [0.1, 0.15) is 5.41 Å². The molecule has 0 aliphatic carbocycles. The first-order valence-electron chi connectivity index (χ1n) is 5.09. The minimum atomic E-state index is -3.14. The molecule has 0 radical (unpaired) electrons. The van der Waals surface area contributed by atoms with Crippen molar-refractivity contribution in [2.45, 2.75) is 5.60 Å². The monoisotopic (exact) mass is 279 g/mol. The van der Waals surface area contributed by atoms with Crippen LogP contribution in [0.2, 0.25) is 0 Å². The van der Waals surface area contributed by atoms with E-state index in [1.807, 2.05) is 0 Å². The number of rotatable bonds is 8. The highest BCUT2D eigenvalue weighted by Gasteiger charge is 2.63. The molecular weight excluding hydrogens is 262 g/mol. The van der Waals surface area contributed by atoms with Crippen molar-refractivity contribution < 1.29 is 34.8 Å². The van der Waals surface area contributed by atoms with E-state index in [0.29, 0.717) is 0 Å². The van der Waals surface area contributed by atoms with Gasteiger partial charge in [-0.3, -0.25) is 14.4 Å². The molecule has 0 aromatic carbocycles. The zero-order valence-electron chi connectivity index (χ0n) is 9.94. The number of carbonyl (C=O) groups is 3. The van der Waals surface area contributed by atoms with Crippen LogP contribution in [-0.2, 0) is 14.4 Å². The number of amides is 3. The fourth-order valence-corrected chi connectivity index (χ4v) is 1.80. The molecule has 0 saturated carbocycles. The molecule has 0 fully saturated rings. The molecule has 0 heterocycles. The molecule has 19 heavy (non-hydrogen) atoms. The van der Waals surface area contributed by atoms with Crippen LogP contribution < -0.4 is 17.2 Å². The first-order valence-corrected chi connectivity index (χ1v) is 5.09. The third-order valence-electron chi connectivity index (χ3n) is 3.15. The van der Waals surface area contributed by atoms with Crippen molar-refractivity contribution >= 4 is 17.7 Å². The molecule has 0 aromatic rings. The summed E-state index contributed by atoms with van der Waals surface area (Å²) in [6.07, 6.45) is 0. The lowest BCUT2D eigenvalue weighted by Crippen LogP contribution is -2.71. The second-order valence-corrected chi connectivity index (χ2v) is 4.03. The Morgan fingerprint density at radius 2 is 1.37 bits per heavy atom. The smallest absolute Gasteiger partial charge is 0.251 e.